The Labute approximate surface area is 121 Å². The summed E-state index contributed by atoms with van der Waals surface area (Å²) in [6.07, 6.45) is 6.21. The van der Waals surface area contributed by atoms with Crippen molar-refractivity contribution in [2.24, 2.45) is 0 Å². The summed E-state index contributed by atoms with van der Waals surface area (Å²) < 4.78 is 0.964. The van der Waals surface area contributed by atoms with Gasteiger partial charge in [-0.1, -0.05) is 24.1 Å². The highest BCUT2D eigenvalue weighted by atomic mass is 79.9. The first-order valence-electron chi connectivity index (χ1n) is 5.91. The third kappa shape index (κ3) is 3.63. The van der Waals surface area contributed by atoms with Gasteiger partial charge in [-0.2, -0.15) is 11.8 Å². The number of halogens is 2. The molecule has 2 rings (SSSR count). The van der Waals surface area contributed by atoms with Gasteiger partial charge in [-0.05, 0) is 52.7 Å². The van der Waals surface area contributed by atoms with Crippen LogP contribution in [0.4, 0.5) is 0 Å². The average molecular weight is 335 g/mol. The van der Waals surface area contributed by atoms with Crippen LogP contribution in [-0.4, -0.2) is 17.5 Å². The van der Waals surface area contributed by atoms with Gasteiger partial charge in [0, 0.05) is 22.3 Å². The molecule has 1 N–H and O–H groups in total. The first-order chi connectivity index (χ1) is 8.20. The van der Waals surface area contributed by atoms with E-state index in [9.17, 15) is 0 Å². The zero-order chi connectivity index (χ0) is 12.3. The van der Waals surface area contributed by atoms with E-state index in [4.69, 9.17) is 11.6 Å². The van der Waals surface area contributed by atoms with Crippen molar-refractivity contribution in [3.05, 3.63) is 33.3 Å². The fraction of sp³-hybridized carbons (Fsp3) is 0.538. The third-order valence-corrected chi connectivity index (χ3v) is 5.71. The Balaban J connectivity index is 1.91. The molecule has 2 unspecified atom stereocenters. The van der Waals surface area contributed by atoms with Crippen molar-refractivity contribution in [1.29, 1.82) is 0 Å². The van der Waals surface area contributed by atoms with Crippen LogP contribution in [0.15, 0.2) is 22.7 Å². The Morgan fingerprint density at radius 3 is 3.00 bits per heavy atom. The largest absolute Gasteiger partial charge is 0.309 e. The molecule has 1 fully saturated rings. The van der Waals surface area contributed by atoms with Crippen LogP contribution in [-0.2, 0) is 6.54 Å². The zero-order valence-electron chi connectivity index (χ0n) is 9.88. The summed E-state index contributed by atoms with van der Waals surface area (Å²) in [4.78, 5) is 0. The third-order valence-electron chi connectivity index (χ3n) is 3.31. The quantitative estimate of drug-likeness (QED) is 0.871. The fourth-order valence-corrected chi connectivity index (χ4v) is 3.75. The second-order valence-corrected chi connectivity index (χ2v) is 6.78. The molecule has 0 spiro atoms. The molecule has 0 amide bonds. The standard InChI is InChI=1S/C13H17BrClNS/c1-17-13-4-2-3-12(13)16-8-9-5-6-10(14)11(15)7-9/h5-7,12-13,16H,2-4,8H2,1H3. The Bertz CT molecular complexity index is 386. The molecular weight excluding hydrogens is 318 g/mol. The summed E-state index contributed by atoms with van der Waals surface area (Å²) in [5.74, 6) is 0. The first kappa shape index (κ1) is 13.7. The predicted molar refractivity (Wildman–Crippen MR) is 80.9 cm³/mol. The smallest absolute Gasteiger partial charge is 0.0551 e. The summed E-state index contributed by atoms with van der Waals surface area (Å²) in [6, 6.07) is 6.82. The minimum Gasteiger partial charge on any atom is -0.309 e. The molecule has 1 aliphatic carbocycles. The van der Waals surface area contributed by atoms with E-state index in [1.165, 1.54) is 24.8 Å². The maximum Gasteiger partial charge on any atom is 0.0551 e. The fourth-order valence-electron chi connectivity index (χ4n) is 2.34. The van der Waals surface area contributed by atoms with Crippen LogP contribution in [0, 0.1) is 0 Å². The molecule has 1 aromatic rings. The molecule has 1 aliphatic rings. The minimum atomic E-state index is 0.660. The highest BCUT2D eigenvalue weighted by molar-refractivity contribution is 9.10. The second-order valence-electron chi connectivity index (χ2n) is 4.44. The molecule has 0 aliphatic heterocycles. The van der Waals surface area contributed by atoms with Crippen LogP contribution in [0.5, 0.6) is 0 Å². The summed E-state index contributed by atoms with van der Waals surface area (Å²) in [5.41, 5.74) is 1.25. The average Bonchev–Trinajstić information content (AvgIpc) is 2.78. The van der Waals surface area contributed by atoms with Crippen LogP contribution < -0.4 is 5.32 Å². The lowest BCUT2D eigenvalue weighted by atomic mass is 10.2. The van der Waals surface area contributed by atoms with E-state index in [0.717, 1.165) is 21.3 Å². The Morgan fingerprint density at radius 1 is 1.47 bits per heavy atom. The zero-order valence-corrected chi connectivity index (χ0v) is 13.0. The van der Waals surface area contributed by atoms with Crippen molar-refractivity contribution in [1.82, 2.24) is 5.32 Å². The van der Waals surface area contributed by atoms with Crippen molar-refractivity contribution in [2.75, 3.05) is 6.26 Å². The van der Waals surface area contributed by atoms with Gasteiger partial charge >= 0.3 is 0 Å². The summed E-state index contributed by atoms with van der Waals surface area (Å²) >= 11 is 11.5. The molecule has 4 heteroatoms. The normalized spacial score (nSPS) is 24.2. The number of hydrogen-bond acceptors (Lipinski definition) is 2. The van der Waals surface area contributed by atoms with E-state index in [0.29, 0.717) is 6.04 Å². The van der Waals surface area contributed by atoms with Gasteiger partial charge in [0.15, 0.2) is 0 Å². The molecule has 94 valence electrons. The van der Waals surface area contributed by atoms with E-state index < -0.39 is 0 Å². The molecule has 17 heavy (non-hydrogen) atoms. The molecule has 2 atom stereocenters. The van der Waals surface area contributed by atoms with Gasteiger partial charge < -0.3 is 5.32 Å². The molecule has 1 nitrogen and oxygen atoms in total. The van der Waals surface area contributed by atoms with E-state index in [1.807, 2.05) is 23.9 Å². The number of rotatable bonds is 4. The molecular formula is C13H17BrClNS. The van der Waals surface area contributed by atoms with Gasteiger partial charge in [-0.25, -0.2) is 0 Å². The van der Waals surface area contributed by atoms with Crippen LogP contribution in [0.25, 0.3) is 0 Å². The Morgan fingerprint density at radius 2 is 2.29 bits per heavy atom. The SMILES string of the molecule is CSC1CCCC1NCc1ccc(Br)c(Cl)c1. The van der Waals surface area contributed by atoms with Crippen LogP contribution in [0.3, 0.4) is 0 Å². The highest BCUT2D eigenvalue weighted by Gasteiger charge is 2.25. The van der Waals surface area contributed by atoms with Gasteiger partial charge in [0.2, 0.25) is 0 Å². The minimum absolute atomic E-state index is 0.660. The summed E-state index contributed by atoms with van der Waals surface area (Å²) in [7, 11) is 0. The number of thioether (sulfide) groups is 1. The van der Waals surface area contributed by atoms with E-state index >= 15 is 0 Å². The lowest BCUT2D eigenvalue weighted by Crippen LogP contribution is -2.33. The van der Waals surface area contributed by atoms with Crippen molar-refractivity contribution in [2.45, 2.75) is 37.1 Å². The molecule has 0 aromatic heterocycles. The summed E-state index contributed by atoms with van der Waals surface area (Å²) in [5, 5.41) is 5.22. The molecule has 0 heterocycles. The summed E-state index contributed by atoms with van der Waals surface area (Å²) in [6.45, 7) is 0.911. The lowest BCUT2D eigenvalue weighted by molar-refractivity contribution is 0.532. The van der Waals surface area contributed by atoms with Gasteiger partial charge in [-0.15, -0.1) is 0 Å². The maximum absolute atomic E-state index is 6.09. The monoisotopic (exact) mass is 333 g/mol. The topological polar surface area (TPSA) is 12.0 Å². The van der Waals surface area contributed by atoms with Gasteiger partial charge in [-0.3, -0.25) is 0 Å². The van der Waals surface area contributed by atoms with Crippen molar-refractivity contribution in [3.63, 3.8) is 0 Å². The van der Waals surface area contributed by atoms with Crippen LogP contribution in [0.1, 0.15) is 24.8 Å². The molecule has 1 aromatic carbocycles. The maximum atomic E-state index is 6.09. The Kier molecular flexibility index (Phi) is 5.22. The van der Waals surface area contributed by atoms with E-state index in [2.05, 4.69) is 33.6 Å². The number of nitrogens with one attached hydrogen (secondary N) is 1. The van der Waals surface area contributed by atoms with Gasteiger partial charge in [0.1, 0.15) is 0 Å². The van der Waals surface area contributed by atoms with Crippen molar-refractivity contribution >= 4 is 39.3 Å². The predicted octanol–water partition coefficient (Wildman–Crippen LogP) is 4.48. The molecule has 0 bridgehead atoms. The highest BCUT2D eigenvalue weighted by Crippen LogP contribution is 2.29. The second kappa shape index (κ2) is 6.46. The van der Waals surface area contributed by atoms with E-state index in [-0.39, 0.29) is 0 Å². The first-order valence-corrected chi connectivity index (χ1v) is 8.36. The lowest BCUT2D eigenvalue weighted by Gasteiger charge is -2.19. The number of benzene rings is 1. The van der Waals surface area contributed by atoms with Crippen LogP contribution >= 0.6 is 39.3 Å². The molecule has 1 saturated carbocycles. The van der Waals surface area contributed by atoms with Crippen molar-refractivity contribution < 1.29 is 0 Å². The molecule has 0 saturated heterocycles. The van der Waals surface area contributed by atoms with E-state index in [1.54, 1.807) is 0 Å². The van der Waals surface area contributed by atoms with Gasteiger partial charge in [0.05, 0.1) is 5.02 Å². The number of hydrogen-bond donors (Lipinski definition) is 1. The molecule has 0 radical (unpaired) electrons. The Hall–Kier alpha value is 0.300. The van der Waals surface area contributed by atoms with Crippen LogP contribution in [0.2, 0.25) is 5.02 Å². The van der Waals surface area contributed by atoms with Crippen molar-refractivity contribution in [3.8, 4) is 0 Å². The van der Waals surface area contributed by atoms with Gasteiger partial charge in [0.25, 0.3) is 0 Å².